The maximum atomic E-state index is 13.1. The lowest BCUT2D eigenvalue weighted by atomic mass is 9.91. The van der Waals surface area contributed by atoms with E-state index in [1.54, 1.807) is 17.9 Å². The van der Waals surface area contributed by atoms with Gasteiger partial charge in [0, 0.05) is 44.0 Å². The molecule has 0 spiro atoms. The lowest BCUT2D eigenvalue weighted by Crippen LogP contribution is -2.57. The normalized spacial score (nSPS) is 20.2. The van der Waals surface area contributed by atoms with Gasteiger partial charge in [-0.3, -0.25) is 25.0 Å². The van der Waals surface area contributed by atoms with Crippen LogP contribution in [0.25, 0.3) is 0 Å². The van der Waals surface area contributed by atoms with Crippen molar-refractivity contribution >= 4 is 29.2 Å². The Morgan fingerprint density at radius 3 is 2.38 bits per heavy atom. The van der Waals surface area contributed by atoms with E-state index in [-0.39, 0.29) is 18.3 Å². The average molecular weight is 519 g/mol. The van der Waals surface area contributed by atoms with Gasteiger partial charge < -0.3 is 14.5 Å². The molecule has 1 fully saturated rings. The van der Waals surface area contributed by atoms with E-state index in [2.05, 4.69) is 10.3 Å². The first-order chi connectivity index (χ1) is 17.6. The van der Waals surface area contributed by atoms with Crippen LogP contribution in [0.5, 0.6) is 0 Å². The maximum Gasteiger partial charge on any atom is 0.416 e. The first kappa shape index (κ1) is 25.9. The van der Waals surface area contributed by atoms with Gasteiger partial charge in [-0.1, -0.05) is 18.2 Å². The Hall–Kier alpha value is -4.16. The number of carbonyl (C=O) groups excluding carboxylic acids is 2. The molecule has 0 radical (unpaired) electrons. The molecule has 10 nitrogen and oxygen atoms in total. The molecule has 2 aliphatic rings. The van der Waals surface area contributed by atoms with Crippen LogP contribution in [0, 0.1) is 16.0 Å². The van der Waals surface area contributed by atoms with Crippen LogP contribution in [0.3, 0.4) is 0 Å². The smallest absolute Gasteiger partial charge is 0.416 e. The van der Waals surface area contributed by atoms with Crippen molar-refractivity contribution in [2.45, 2.75) is 19.1 Å². The molecule has 0 bridgehead atoms. The minimum Gasteiger partial charge on any atom is -0.465 e. The van der Waals surface area contributed by atoms with Gasteiger partial charge in [0.2, 0.25) is 11.9 Å². The standard InChI is InChI=1S/C24H24F3N5O5/c1-2-37-22(34)19-20(15-6-8-17(9-7-15)32(35)36)28-23(29-21(19)33)31-12-10-30(11-13-31)18-5-3-4-16(14-18)24(25,26)27/h3-9,14,19-20H,2,10-13H2,1H3,(H,28,29,33)/t19-,20+/m0/s1. The molecule has 1 saturated heterocycles. The molecule has 4 rings (SSSR count). The van der Waals surface area contributed by atoms with Gasteiger partial charge in [-0.05, 0) is 30.7 Å². The number of nitrogens with zero attached hydrogens (tertiary/aromatic N) is 4. The van der Waals surface area contributed by atoms with E-state index in [1.165, 1.54) is 30.3 Å². The third kappa shape index (κ3) is 5.65. The summed E-state index contributed by atoms with van der Waals surface area (Å²) in [6, 6.07) is 9.56. The van der Waals surface area contributed by atoms with Crippen LogP contribution >= 0.6 is 0 Å². The average Bonchev–Trinajstić information content (AvgIpc) is 2.88. The molecule has 0 aromatic heterocycles. The van der Waals surface area contributed by atoms with E-state index in [1.807, 2.05) is 4.90 Å². The molecule has 0 aliphatic carbocycles. The number of alkyl halides is 3. The number of hydrogen-bond acceptors (Lipinski definition) is 8. The van der Waals surface area contributed by atoms with E-state index in [4.69, 9.17) is 4.74 Å². The van der Waals surface area contributed by atoms with Gasteiger partial charge in [0.25, 0.3) is 5.69 Å². The first-order valence-corrected chi connectivity index (χ1v) is 11.5. The van der Waals surface area contributed by atoms with Crippen molar-refractivity contribution in [2.75, 3.05) is 37.7 Å². The van der Waals surface area contributed by atoms with Gasteiger partial charge >= 0.3 is 12.1 Å². The summed E-state index contributed by atoms with van der Waals surface area (Å²) in [7, 11) is 0. The molecule has 37 heavy (non-hydrogen) atoms. The van der Waals surface area contributed by atoms with Crippen molar-refractivity contribution in [3.8, 4) is 0 Å². The summed E-state index contributed by atoms with van der Waals surface area (Å²) in [5.41, 5.74) is -0.00672. The molecule has 2 aromatic carbocycles. The number of benzene rings is 2. The van der Waals surface area contributed by atoms with Crippen LogP contribution in [0.4, 0.5) is 24.5 Å². The Morgan fingerprint density at radius 2 is 1.78 bits per heavy atom. The minimum atomic E-state index is -4.44. The second-order valence-corrected chi connectivity index (χ2v) is 8.49. The number of halogens is 3. The first-order valence-electron chi connectivity index (χ1n) is 11.5. The molecule has 0 unspecified atom stereocenters. The zero-order valence-corrected chi connectivity index (χ0v) is 19.8. The van der Waals surface area contributed by atoms with Crippen LogP contribution in [0.2, 0.25) is 0 Å². The summed E-state index contributed by atoms with van der Waals surface area (Å²) in [6.45, 7) is 3.12. The highest BCUT2D eigenvalue weighted by molar-refractivity contribution is 6.08. The fourth-order valence-corrected chi connectivity index (χ4v) is 4.31. The fraction of sp³-hybridized carbons (Fsp3) is 0.375. The number of hydrogen-bond donors (Lipinski definition) is 1. The number of nitrogens with one attached hydrogen (secondary N) is 1. The monoisotopic (exact) mass is 519 g/mol. The van der Waals surface area contributed by atoms with E-state index in [9.17, 15) is 32.9 Å². The number of non-ortho nitro benzene ring substituents is 1. The summed E-state index contributed by atoms with van der Waals surface area (Å²) in [5.74, 6) is -2.44. The van der Waals surface area contributed by atoms with Crippen LogP contribution < -0.4 is 10.2 Å². The third-order valence-corrected chi connectivity index (χ3v) is 6.20. The molecule has 2 aliphatic heterocycles. The van der Waals surface area contributed by atoms with Gasteiger partial charge in [-0.25, -0.2) is 4.99 Å². The van der Waals surface area contributed by atoms with Crippen LogP contribution in [0.15, 0.2) is 53.5 Å². The molecular formula is C24H24F3N5O5. The third-order valence-electron chi connectivity index (χ3n) is 6.20. The summed E-state index contributed by atoms with van der Waals surface area (Å²) < 4.78 is 44.4. The zero-order valence-electron chi connectivity index (χ0n) is 19.8. The van der Waals surface area contributed by atoms with Crippen molar-refractivity contribution in [1.82, 2.24) is 10.2 Å². The minimum absolute atomic E-state index is 0.0592. The number of rotatable bonds is 5. The number of piperazine rings is 1. The van der Waals surface area contributed by atoms with Gasteiger partial charge in [0.05, 0.1) is 17.1 Å². The summed E-state index contributed by atoms with van der Waals surface area (Å²) in [5, 5.41) is 13.7. The predicted molar refractivity (Wildman–Crippen MR) is 127 cm³/mol. The van der Waals surface area contributed by atoms with E-state index in [0.717, 1.165) is 12.1 Å². The number of nitro groups is 1. The van der Waals surface area contributed by atoms with E-state index in [0.29, 0.717) is 37.4 Å². The quantitative estimate of drug-likeness (QED) is 0.279. The Bertz CT molecular complexity index is 1210. The zero-order chi connectivity index (χ0) is 26.7. The predicted octanol–water partition coefficient (Wildman–Crippen LogP) is 3.14. The number of guanidine groups is 1. The summed E-state index contributed by atoms with van der Waals surface area (Å²) in [6.07, 6.45) is -4.44. The molecule has 13 heteroatoms. The number of aliphatic imine (C=N–C) groups is 1. The summed E-state index contributed by atoms with van der Waals surface area (Å²) in [4.78, 5) is 44.2. The molecule has 2 atom stereocenters. The van der Waals surface area contributed by atoms with Gasteiger partial charge in [-0.15, -0.1) is 0 Å². The van der Waals surface area contributed by atoms with Crippen molar-refractivity contribution in [1.29, 1.82) is 0 Å². The molecule has 2 aromatic rings. The Morgan fingerprint density at radius 1 is 1.14 bits per heavy atom. The number of nitro benzene ring substituents is 1. The topological polar surface area (TPSA) is 117 Å². The van der Waals surface area contributed by atoms with Gasteiger partial charge in [0.1, 0.15) is 6.04 Å². The number of ether oxygens (including phenoxy) is 1. The number of esters is 1. The Labute approximate surface area is 209 Å². The number of carbonyl (C=O) groups is 2. The molecule has 2 heterocycles. The van der Waals surface area contributed by atoms with Crippen molar-refractivity contribution in [3.05, 3.63) is 69.8 Å². The van der Waals surface area contributed by atoms with Crippen molar-refractivity contribution < 1.29 is 32.4 Å². The molecule has 1 N–H and O–H groups in total. The highest BCUT2D eigenvalue weighted by Gasteiger charge is 2.42. The summed E-state index contributed by atoms with van der Waals surface area (Å²) >= 11 is 0. The Kier molecular flexibility index (Phi) is 7.32. The molecular weight excluding hydrogens is 495 g/mol. The van der Waals surface area contributed by atoms with E-state index < -0.39 is 40.5 Å². The number of amides is 1. The molecule has 0 saturated carbocycles. The SMILES string of the molecule is CCOC(=O)[C@@H]1C(=O)NC(N2CCN(c3cccc(C(F)(F)F)c3)CC2)=N[C@@H]1c1ccc([N+](=O)[O-])cc1. The Balaban J connectivity index is 1.55. The van der Waals surface area contributed by atoms with Crippen molar-refractivity contribution in [2.24, 2.45) is 10.9 Å². The maximum absolute atomic E-state index is 13.1. The molecule has 1 amide bonds. The van der Waals surface area contributed by atoms with Crippen molar-refractivity contribution in [3.63, 3.8) is 0 Å². The lowest BCUT2D eigenvalue weighted by Gasteiger charge is -2.39. The largest absolute Gasteiger partial charge is 0.465 e. The second kappa shape index (κ2) is 10.4. The highest BCUT2D eigenvalue weighted by atomic mass is 19.4. The second-order valence-electron chi connectivity index (χ2n) is 8.49. The van der Waals surface area contributed by atoms with Crippen LogP contribution in [-0.4, -0.2) is 60.4 Å². The lowest BCUT2D eigenvalue weighted by molar-refractivity contribution is -0.384. The number of anilines is 1. The van der Waals surface area contributed by atoms with Gasteiger partial charge in [0.15, 0.2) is 5.92 Å². The van der Waals surface area contributed by atoms with Crippen LogP contribution in [-0.2, 0) is 20.5 Å². The molecule has 196 valence electrons. The van der Waals surface area contributed by atoms with E-state index >= 15 is 0 Å². The van der Waals surface area contributed by atoms with Gasteiger partial charge in [-0.2, -0.15) is 13.2 Å². The van der Waals surface area contributed by atoms with Crippen LogP contribution in [0.1, 0.15) is 24.1 Å². The highest BCUT2D eigenvalue weighted by Crippen LogP contribution is 2.33. The fourth-order valence-electron chi connectivity index (χ4n) is 4.31.